The molecule has 1 heterocycles. The van der Waals surface area contributed by atoms with Crippen LogP contribution < -0.4 is 4.90 Å². The van der Waals surface area contributed by atoms with Gasteiger partial charge in [-0.05, 0) is 42.7 Å². The number of hydrogen-bond donors (Lipinski definition) is 0. The molecular weight excluding hydrogens is 364 g/mol. The average Bonchev–Trinajstić information content (AvgIpc) is 3.16. The summed E-state index contributed by atoms with van der Waals surface area (Å²) in [6, 6.07) is 24.1. The fraction of sp³-hybridized carbons (Fsp3) is 0.167. The van der Waals surface area contributed by atoms with Crippen molar-refractivity contribution in [2.45, 2.75) is 26.8 Å². The van der Waals surface area contributed by atoms with E-state index >= 15 is 0 Å². The Kier molecular flexibility index (Phi) is 5.22. The molecule has 140 valence electrons. The van der Waals surface area contributed by atoms with Gasteiger partial charge in [-0.3, -0.25) is 9.69 Å². The molecule has 0 aliphatic rings. The molecule has 0 aliphatic carbocycles. The van der Waals surface area contributed by atoms with E-state index in [-0.39, 0.29) is 5.91 Å². The lowest BCUT2D eigenvalue weighted by atomic mass is 10.1. The van der Waals surface area contributed by atoms with Crippen LogP contribution in [-0.4, -0.2) is 10.9 Å². The number of amides is 1. The van der Waals surface area contributed by atoms with Gasteiger partial charge in [-0.1, -0.05) is 78.4 Å². The lowest BCUT2D eigenvalue weighted by Gasteiger charge is -2.20. The quantitative estimate of drug-likeness (QED) is 0.420. The van der Waals surface area contributed by atoms with Crippen LogP contribution in [0.4, 0.5) is 5.13 Å². The van der Waals surface area contributed by atoms with Crippen LogP contribution in [0.15, 0.2) is 72.8 Å². The fourth-order valence-corrected chi connectivity index (χ4v) is 4.33. The highest BCUT2D eigenvalue weighted by atomic mass is 32.1. The first-order chi connectivity index (χ1) is 13.7. The van der Waals surface area contributed by atoms with Gasteiger partial charge in [0.25, 0.3) is 5.91 Å². The van der Waals surface area contributed by atoms with Crippen molar-refractivity contribution in [2.24, 2.45) is 0 Å². The Morgan fingerprint density at radius 1 is 1.00 bits per heavy atom. The molecule has 0 spiro atoms. The number of benzene rings is 3. The van der Waals surface area contributed by atoms with Gasteiger partial charge in [-0.2, -0.15) is 0 Å². The monoisotopic (exact) mass is 386 g/mol. The number of aromatic nitrogens is 1. The molecule has 3 aromatic carbocycles. The first kappa shape index (κ1) is 18.4. The van der Waals surface area contributed by atoms with E-state index in [1.54, 1.807) is 16.2 Å². The predicted molar refractivity (Wildman–Crippen MR) is 117 cm³/mol. The molecule has 0 aliphatic heterocycles. The van der Waals surface area contributed by atoms with Gasteiger partial charge < -0.3 is 0 Å². The summed E-state index contributed by atoms with van der Waals surface area (Å²) in [6.07, 6.45) is 0.922. The number of carbonyl (C=O) groups is 1. The van der Waals surface area contributed by atoms with Crippen LogP contribution in [-0.2, 0) is 13.0 Å². The second-order valence-corrected chi connectivity index (χ2v) is 7.87. The highest BCUT2D eigenvalue weighted by molar-refractivity contribution is 7.22. The summed E-state index contributed by atoms with van der Waals surface area (Å²) in [5, 5.41) is 0.742. The van der Waals surface area contributed by atoms with E-state index in [4.69, 9.17) is 4.98 Å². The number of para-hydroxylation sites is 1. The molecule has 0 saturated carbocycles. The van der Waals surface area contributed by atoms with E-state index in [1.165, 1.54) is 5.56 Å². The van der Waals surface area contributed by atoms with Gasteiger partial charge in [0.05, 0.1) is 16.8 Å². The van der Waals surface area contributed by atoms with Crippen molar-refractivity contribution in [3.05, 3.63) is 95.1 Å². The lowest BCUT2D eigenvalue weighted by molar-refractivity contribution is 0.0985. The third-order valence-electron chi connectivity index (χ3n) is 4.80. The molecule has 4 aromatic rings. The number of carbonyl (C=O) groups excluding carboxylic acids is 1. The van der Waals surface area contributed by atoms with Gasteiger partial charge in [-0.25, -0.2) is 4.98 Å². The van der Waals surface area contributed by atoms with Crippen LogP contribution >= 0.6 is 11.3 Å². The molecule has 0 N–H and O–H groups in total. The molecule has 1 amide bonds. The summed E-state index contributed by atoms with van der Waals surface area (Å²) in [7, 11) is 0. The molecule has 4 rings (SSSR count). The summed E-state index contributed by atoms with van der Waals surface area (Å²) >= 11 is 1.58. The van der Waals surface area contributed by atoms with Crippen molar-refractivity contribution in [1.29, 1.82) is 0 Å². The number of thiazole rings is 1. The Morgan fingerprint density at radius 3 is 2.54 bits per heavy atom. The van der Waals surface area contributed by atoms with E-state index in [0.29, 0.717) is 12.1 Å². The van der Waals surface area contributed by atoms with Gasteiger partial charge in [0.1, 0.15) is 0 Å². The Bertz CT molecular complexity index is 1120. The topological polar surface area (TPSA) is 33.2 Å². The third-order valence-corrected chi connectivity index (χ3v) is 5.84. The van der Waals surface area contributed by atoms with E-state index in [9.17, 15) is 4.79 Å². The summed E-state index contributed by atoms with van der Waals surface area (Å²) in [5.41, 5.74) is 5.05. The molecular formula is C24H22N2OS. The average molecular weight is 387 g/mol. The Labute approximate surface area is 169 Å². The van der Waals surface area contributed by atoms with Gasteiger partial charge in [0, 0.05) is 5.56 Å². The highest BCUT2D eigenvalue weighted by Crippen LogP contribution is 2.32. The second kappa shape index (κ2) is 7.95. The van der Waals surface area contributed by atoms with Crippen molar-refractivity contribution in [2.75, 3.05) is 4.90 Å². The SMILES string of the molecule is CCc1cccc2sc(N(Cc3ccccc3)C(=O)c3cccc(C)c3)nc12. The highest BCUT2D eigenvalue weighted by Gasteiger charge is 2.22. The number of aryl methyl sites for hydroxylation is 2. The van der Waals surface area contributed by atoms with E-state index < -0.39 is 0 Å². The molecule has 0 bridgehead atoms. The molecule has 0 radical (unpaired) electrons. The van der Waals surface area contributed by atoms with Crippen molar-refractivity contribution in [3.8, 4) is 0 Å². The maximum Gasteiger partial charge on any atom is 0.260 e. The van der Waals surface area contributed by atoms with Crippen molar-refractivity contribution in [1.82, 2.24) is 4.98 Å². The molecule has 0 unspecified atom stereocenters. The minimum absolute atomic E-state index is 0.0235. The normalized spacial score (nSPS) is 10.9. The molecule has 0 saturated heterocycles. The first-order valence-corrected chi connectivity index (χ1v) is 10.3. The van der Waals surface area contributed by atoms with E-state index in [0.717, 1.165) is 32.9 Å². The molecule has 0 atom stereocenters. The molecule has 0 fully saturated rings. The summed E-state index contributed by atoms with van der Waals surface area (Å²) in [4.78, 5) is 20.1. The van der Waals surface area contributed by atoms with Crippen molar-refractivity contribution >= 4 is 32.6 Å². The number of nitrogens with zero attached hydrogens (tertiary/aromatic N) is 2. The summed E-state index contributed by atoms with van der Waals surface area (Å²) < 4.78 is 1.12. The minimum atomic E-state index is -0.0235. The van der Waals surface area contributed by atoms with Crippen LogP contribution in [0.3, 0.4) is 0 Å². The van der Waals surface area contributed by atoms with Gasteiger partial charge in [0.2, 0.25) is 0 Å². The lowest BCUT2D eigenvalue weighted by Crippen LogP contribution is -2.30. The molecule has 3 nitrogen and oxygen atoms in total. The second-order valence-electron chi connectivity index (χ2n) is 6.86. The van der Waals surface area contributed by atoms with Gasteiger partial charge >= 0.3 is 0 Å². The first-order valence-electron chi connectivity index (χ1n) is 9.46. The summed E-state index contributed by atoms with van der Waals surface area (Å²) in [5.74, 6) is -0.0235. The smallest absolute Gasteiger partial charge is 0.260 e. The zero-order chi connectivity index (χ0) is 19.5. The zero-order valence-corrected chi connectivity index (χ0v) is 16.9. The number of fused-ring (bicyclic) bond motifs is 1. The molecule has 1 aromatic heterocycles. The van der Waals surface area contributed by atoms with E-state index in [2.05, 4.69) is 25.1 Å². The Balaban J connectivity index is 1.79. The maximum absolute atomic E-state index is 13.4. The fourth-order valence-electron chi connectivity index (χ4n) is 3.32. The predicted octanol–water partition coefficient (Wildman–Crippen LogP) is 6.01. The van der Waals surface area contributed by atoms with Crippen LogP contribution in [0.5, 0.6) is 0 Å². The largest absolute Gasteiger partial charge is 0.279 e. The van der Waals surface area contributed by atoms with Crippen LogP contribution in [0, 0.1) is 6.92 Å². The van der Waals surface area contributed by atoms with E-state index in [1.807, 2.05) is 61.5 Å². The number of anilines is 1. The molecule has 28 heavy (non-hydrogen) atoms. The van der Waals surface area contributed by atoms with Gasteiger partial charge in [0.15, 0.2) is 5.13 Å². The van der Waals surface area contributed by atoms with Crippen molar-refractivity contribution in [3.63, 3.8) is 0 Å². The van der Waals surface area contributed by atoms with Crippen molar-refractivity contribution < 1.29 is 4.79 Å². The van der Waals surface area contributed by atoms with Crippen LogP contribution in [0.1, 0.15) is 34.0 Å². The van der Waals surface area contributed by atoms with Crippen LogP contribution in [0.25, 0.3) is 10.2 Å². The minimum Gasteiger partial charge on any atom is -0.279 e. The number of rotatable bonds is 5. The Hall–Kier alpha value is -2.98. The zero-order valence-electron chi connectivity index (χ0n) is 16.1. The van der Waals surface area contributed by atoms with Crippen LogP contribution in [0.2, 0.25) is 0 Å². The van der Waals surface area contributed by atoms with Gasteiger partial charge in [-0.15, -0.1) is 0 Å². The Morgan fingerprint density at radius 2 is 1.79 bits per heavy atom. The summed E-state index contributed by atoms with van der Waals surface area (Å²) in [6.45, 7) is 4.63. The molecule has 4 heteroatoms. The standard InChI is InChI=1S/C24H22N2OS/c1-3-19-12-8-14-21-22(19)25-24(28-21)26(16-18-10-5-4-6-11-18)23(27)20-13-7-9-17(2)15-20/h4-15H,3,16H2,1-2H3. The third kappa shape index (κ3) is 3.69. The maximum atomic E-state index is 13.4. The number of hydrogen-bond acceptors (Lipinski definition) is 3.